The lowest BCUT2D eigenvalue weighted by Gasteiger charge is -2.09. The third kappa shape index (κ3) is 2.80. The Balaban J connectivity index is 1.46. The molecule has 0 radical (unpaired) electrons. The third-order valence-corrected chi connectivity index (χ3v) is 4.47. The van der Waals surface area contributed by atoms with Gasteiger partial charge in [0, 0.05) is 17.5 Å². The molecular weight excluding hydrogens is 300 g/mol. The zero-order chi connectivity index (χ0) is 16.5. The van der Waals surface area contributed by atoms with Gasteiger partial charge in [0.15, 0.2) is 0 Å². The number of hydrogen-bond donors (Lipinski definition) is 1. The minimum atomic E-state index is -0.0129. The smallest absolute Gasteiger partial charge is 0.251 e. The van der Waals surface area contributed by atoms with Crippen LogP contribution in [0.4, 0.5) is 0 Å². The predicted molar refractivity (Wildman–Crippen MR) is 91.2 cm³/mol. The van der Waals surface area contributed by atoms with Gasteiger partial charge in [-0.15, -0.1) is 0 Å². The van der Waals surface area contributed by atoms with Crippen molar-refractivity contribution in [1.29, 1.82) is 0 Å². The minimum absolute atomic E-state index is 0.0129. The number of aromatic nitrogens is 3. The van der Waals surface area contributed by atoms with E-state index in [0.717, 1.165) is 17.7 Å². The molecule has 5 nitrogen and oxygen atoms in total. The first-order chi connectivity index (χ1) is 11.7. The van der Waals surface area contributed by atoms with Gasteiger partial charge in [0.2, 0.25) is 0 Å². The van der Waals surface area contributed by atoms with Gasteiger partial charge in [0.05, 0.1) is 5.69 Å². The van der Waals surface area contributed by atoms with Gasteiger partial charge < -0.3 is 5.32 Å². The Kier molecular flexibility index (Phi) is 3.61. The molecule has 0 saturated heterocycles. The number of aryl methyl sites for hydroxylation is 1. The van der Waals surface area contributed by atoms with Crippen LogP contribution in [0, 0.1) is 6.92 Å². The van der Waals surface area contributed by atoms with Gasteiger partial charge in [-0.3, -0.25) is 4.79 Å². The number of nitrogens with one attached hydrogen (secondary N) is 1. The average molecular weight is 318 g/mol. The van der Waals surface area contributed by atoms with E-state index < -0.39 is 0 Å². The summed E-state index contributed by atoms with van der Waals surface area (Å²) in [4.78, 5) is 16.5. The highest BCUT2D eigenvalue weighted by Crippen LogP contribution is 2.40. The number of carbonyl (C=O) groups is 1. The van der Waals surface area contributed by atoms with E-state index in [1.807, 2.05) is 43.3 Å². The summed E-state index contributed by atoms with van der Waals surface area (Å²) >= 11 is 0. The van der Waals surface area contributed by atoms with Crippen LogP contribution in [0.5, 0.6) is 0 Å². The van der Waals surface area contributed by atoms with E-state index in [1.54, 1.807) is 11.0 Å². The molecule has 4 rings (SSSR count). The van der Waals surface area contributed by atoms with E-state index in [0.29, 0.717) is 11.5 Å². The summed E-state index contributed by atoms with van der Waals surface area (Å²) < 4.78 is 1.68. The van der Waals surface area contributed by atoms with Crippen LogP contribution in [0.3, 0.4) is 0 Å². The van der Waals surface area contributed by atoms with Gasteiger partial charge >= 0.3 is 0 Å². The number of hydrogen-bond acceptors (Lipinski definition) is 3. The van der Waals surface area contributed by atoms with Crippen LogP contribution in [0.25, 0.3) is 5.69 Å². The summed E-state index contributed by atoms with van der Waals surface area (Å²) in [5.74, 6) is 0.422. The normalized spacial score (nSPS) is 19.0. The van der Waals surface area contributed by atoms with Crippen molar-refractivity contribution in [2.45, 2.75) is 25.3 Å². The van der Waals surface area contributed by atoms with E-state index in [4.69, 9.17) is 0 Å². The highest BCUT2D eigenvalue weighted by atomic mass is 16.1. The lowest BCUT2D eigenvalue weighted by Crippen LogP contribution is -2.27. The van der Waals surface area contributed by atoms with Gasteiger partial charge in [-0.1, -0.05) is 30.3 Å². The van der Waals surface area contributed by atoms with E-state index >= 15 is 0 Å². The minimum Gasteiger partial charge on any atom is -0.349 e. The lowest BCUT2D eigenvalue weighted by molar-refractivity contribution is 0.0949. The Morgan fingerprint density at radius 1 is 1.21 bits per heavy atom. The van der Waals surface area contributed by atoms with Gasteiger partial charge in [-0.2, -0.15) is 5.10 Å². The summed E-state index contributed by atoms with van der Waals surface area (Å²) in [6.07, 6.45) is 4.14. The van der Waals surface area contributed by atoms with Crippen molar-refractivity contribution in [2.24, 2.45) is 0 Å². The Labute approximate surface area is 140 Å². The standard InChI is InChI=1S/C19H18N4O/c1-13-9-15(23-12-20-11-21-23)7-8-16(13)19(24)22-18-10-17(18)14-5-3-2-4-6-14/h2-9,11-12,17-18H,10H2,1H3,(H,22,24)/t17-,18+/m0/s1. The predicted octanol–water partition coefficient (Wildman–Crippen LogP) is 2.86. The molecule has 1 aromatic heterocycles. The van der Waals surface area contributed by atoms with Gasteiger partial charge in [-0.05, 0) is 42.7 Å². The molecule has 0 unspecified atom stereocenters. The topological polar surface area (TPSA) is 59.8 Å². The van der Waals surface area contributed by atoms with Crippen LogP contribution < -0.4 is 5.32 Å². The molecule has 0 bridgehead atoms. The molecule has 1 amide bonds. The van der Waals surface area contributed by atoms with E-state index in [2.05, 4.69) is 27.5 Å². The fraction of sp³-hybridized carbons (Fsp3) is 0.211. The highest BCUT2D eigenvalue weighted by molar-refractivity contribution is 5.96. The maximum atomic E-state index is 12.5. The molecule has 1 fully saturated rings. The molecule has 1 N–H and O–H groups in total. The van der Waals surface area contributed by atoms with Crippen LogP contribution in [-0.2, 0) is 0 Å². The Morgan fingerprint density at radius 3 is 2.75 bits per heavy atom. The third-order valence-electron chi connectivity index (χ3n) is 4.47. The second-order valence-electron chi connectivity index (χ2n) is 6.17. The van der Waals surface area contributed by atoms with Crippen molar-refractivity contribution in [2.75, 3.05) is 0 Å². The summed E-state index contributed by atoms with van der Waals surface area (Å²) in [6, 6.07) is 16.3. The fourth-order valence-corrected chi connectivity index (χ4v) is 3.06. The molecule has 3 aromatic rings. The second-order valence-corrected chi connectivity index (χ2v) is 6.17. The molecule has 120 valence electrons. The Hall–Kier alpha value is -2.95. The SMILES string of the molecule is Cc1cc(-n2cncn2)ccc1C(=O)N[C@@H]1C[C@H]1c1ccccc1. The van der Waals surface area contributed by atoms with Gasteiger partial charge in [-0.25, -0.2) is 9.67 Å². The van der Waals surface area contributed by atoms with Crippen molar-refractivity contribution in [3.8, 4) is 5.69 Å². The first kappa shape index (κ1) is 14.6. The number of nitrogens with zero attached hydrogens (tertiary/aromatic N) is 3. The molecule has 2 aromatic carbocycles. The molecule has 5 heteroatoms. The van der Waals surface area contributed by atoms with E-state index in [1.165, 1.54) is 11.9 Å². The number of rotatable bonds is 4. The van der Waals surface area contributed by atoms with Crippen molar-refractivity contribution in [3.05, 3.63) is 77.9 Å². The zero-order valence-corrected chi connectivity index (χ0v) is 13.4. The Bertz CT molecular complexity index is 858. The summed E-state index contributed by atoms with van der Waals surface area (Å²) in [6.45, 7) is 1.94. The van der Waals surface area contributed by atoms with E-state index in [-0.39, 0.29) is 11.9 Å². The zero-order valence-electron chi connectivity index (χ0n) is 13.4. The molecule has 1 aliphatic rings. The largest absolute Gasteiger partial charge is 0.349 e. The van der Waals surface area contributed by atoms with Crippen LogP contribution >= 0.6 is 0 Å². The van der Waals surface area contributed by atoms with Crippen molar-refractivity contribution < 1.29 is 4.79 Å². The maximum Gasteiger partial charge on any atom is 0.251 e. The van der Waals surface area contributed by atoms with Crippen LogP contribution in [-0.4, -0.2) is 26.7 Å². The summed E-state index contributed by atoms with van der Waals surface area (Å²) in [5, 5.41) is 7.25. The van der Waals surface area contributed by atoms with Crippen molar-refractivity contribution in [1.82, 2.24) is 20.1 Å². The van der Waals surface area contributed by atoms with Gasteiger partial charge in [0.1, 0.15) is 12.7 Å². The first-order valence-corrected chi connectivity index (χ1v) is 8.04. The first-order valence-electron chi connectivity index (χ1n) is 8.04. The molecule has 24 heavy (non-hydrogen) atoms. The van der Waals surface area contributed by atoms with E-state index in [9.17, 15) is 4.79 Å². The summed E-state index contributed by atoms with van der Waals surface area (Å²) in [5.41, 5.74) is 3.83. The quantitative estimate of drug-likeness (QED) is 0.804. The van der Waals surface area contributed by atoms with Crippen LogP contribution in [0.15, 0.2) is 61.2 Å². The number of benzene rings is 2. The molecule has 1 heterocycles. The summed E-state index contributed by atoms with van der Waals surface area (Å²) in [7, 11) is 0. The molecule has 0 aliphatic heterocycles. The fourth-order valence-electron chi connectivity index (χ4n) is 3.06. The van der Waals surface area contributed by atoms with Gasteiger partial charge in [0.25, 0.3) is 5.91 Å². The van der Waals surface area contributed by atoms with Crippen LogP contribution in [0.1, 0.15) is 33.8 Å². The van der Waals surface area contributed by atoms with Crippen molar-refractivity contribution in [3.63, 3.8) is 0 Å². The number of carbonyl (C=O) groups excluding carboxylic acids is 1. The molecule has 1 saturated carbocycles. The molecule has 1 aliphatic carbocycles. The molecular formula is C19H18N4O. The van der Waals surface area contributed by atoms with Crippen LogP contribution in [0.2, 0.25) is 0 Å². The van der Waals surface area contributed by atoms with Crippen molar-refractivity contribution >= 4 is 5.91 Å². The second kappa shape index (κ2) is 5.92. The number of amides is 1. The highest BCUT2D eigenvalue weighted by Gasteiger charge is 2.39. The molecule has 2 atom stereocenters. The lowest BCUT2D eigenvalue weighted by atomic mass is 10.1. The molecule has 0 spiro atoms. The maximum absolute atomic E-state index is 12.5. The monoisotopic (exact) mass is 318 g/mol. The Morgan fingerprint density at radius 2 is 2.04 bits per heavy atom. The average Bonchev–Trinajstić information content (AvgIpc) is 3.14.